The predicted octanol–water partition coefficient (Wildman–Crippen LogP) is 9.38. The molecule has 3 aromatic rings. The van der Waals surface area contributed by atoms with E-state index >= 15 is 0 Å². The highest BCUT2D eigenvalue weighted by Crippen LogP contribution is 2.41. The molecular formula is C32H42N6O5. The molecule has 0 saturated carbocycles. The Morgan fingerprint density at radius 3 is 1.67 bits per heavy atom. The summed E-state index contributed by atoms with van der Waals surface area (Å²) < 4.78 is 11.0. The molecule has 0 aliphatic heterocycles. The highest BCUT2D eigenvalue weighted by atomic mass is 16.6. The van der Waals surface area contributed by atoms with E-state index in [2.05, 4.69) is 32.3 Å². The zero-order chi connectivity index (χ0) is 30.9. The summed E-state index contributed by atoms with van der Waals surface area (Å²) in [6.07, 6.45) is 10.1. The van der Waals surface area contributed by atoms with Gasteiger partial charge in [-0.15, -0.1) is 10.2 Å². The van der Waals surface area contributed by atoms with Crippen molar-refractivity contribution >= 4 is 34.1 Å². The van der Waals surface area contributed by atoms with Gasteiger partial charge in [0.25, 0.3) is 5.69 Å². The maximum absolute atomic E-state index is 10.9. The number of hydrogen-bond acceptors (Lipinski definition) is 10. The summed E-state index contributed by atoms with van der Waals surface area (Å²) in [6, 6.07) is 16.8. The summed E-state index contributed by atoms with van der Waals surface area (Å²) in [5, 5.41) is 37.6. The first-order valence-electron chi connectivity index (χ1n) is 14.8. The van der Waals surface area contributed by atoms with Gasteiger partial charge in [-0.25, -0.2) is 0 Å². The topological polar surface area (TPSA) is 135 Å². The Kier molecular flexibility index (Phi) is 14.0. The van der Waals surface area contributed by atoms with E-state index in [-0.39, 0.29) is 12.3 Å². The van der Waals surface area contributed by atoms with Crippen LogP contribution in [-0.4, -0.2) is 43.9 Å². The quantitative estimate of drug-likeness (QED) is 0.0639. The Morgan fingerprint density at radius 2 is 1.21 bits per heavy atom. The second-order valence-corrected chi connectivity index (χ2v) is 10.1. The molecule has 0 amide bonds. The van der Waals surface area contributed by atoms with Crippen molar-refractivity contribution in [2.75, 3.05) is 38.8 Å². The number of nitrogens with zero attached hydrogens (tertiary/aromatic N) is 6. The molecule has 0 spiro atoms. The summed E-state index contributed by atoms with van der Waals surface area (Å²) in [5.41, 5.74) is 2.99. The Hall–Kier alpha value is -4.38. The van der Waals surface area contributed by atoms with Gasteiger partial charge in [0, 0.05) is 43.0 Å². The second-order valence-electron chi connectivity index (χ2n) is 10.1. The molecule has 0 atom stereocenters. The van der Waals surface area contributed by atoms with Gasteiger partial charge in [0.15, 0.2) is 0 Å². The molecule has 230 valence electrons. The molecule has 0 heterocycles. The fraction of sp³-hybridized carbons (Fsp3) is 0.438. The van der Waals surface area contributed by atoms with Crippen molar-refractivity contribution in [3.8, 4) is 11.5 Å². The molecule has 11 nitrogen and oxygen atoms in total. The zero-order valence-corrected chi connectivity index (χ0v) is 25.3. The first-order valence-corrected chi connectivity index (χ1v) is 14.8. The third-order valence-electron chi connectivity index (χ3n) is 6.95. The number of aliphatic hydroxyl groups is 1. The molecule has 0 aliphatic rings. The summed E-state index contributed by atoms with van der Waals surface area (Å²) >= 11 is 0. The molecule has 3 aromatic carbocycles. The van der Waals surface area contributed by atoms with E-state index in [1.807, 2.05) is 24.3 Å². The number of methoxy groups -OCH3 is 2. The van der Waals surface area contributed by atoms with Gasteiger partial charge in [0.2, 0.25) is 0 Å². The highest BCUT2D eigenvalue weighted by Gasteiger charge is 2.12. The van der Waals surface area contributed by atoms with Crippen LogP contribution in [-0.2, 0) is 0 Å². The predicted molar refractivity (Wildman–Crippen MR) is 169 cm³/mol. The molecule has 0 bridgehead atoms. The van der Waals surface area contributed by atoms with Crippen LogP contribution in [0.3, 0.4) is 0 Å². The summed E-state index contributed by atoms with van der Waals surface area (Å²) in [6.45, 7) is 3.83. The Morgan fingerprint density at radius 1 is 0.721 bits per heavy atom. The van der Waals surface area contributed by atoms with Gasteiger partial charge in [-0.3, -0.25) is 10.1 Å². The lowest BCUT2D eigenvalue weighted by atomic mass is 10.1. The van der Waals surface area contributed by atoms with E-state index in [9.17, 15) is 15.2 Å². The molecule has 0 aliphatic carbocycles. The van der Waals surface area contributed by atoms with Crippen LogP contribution in [0.15, 0.2) is 81.1 Å². The fourth-order valence-corrected chi connectivity index (χ4v) is 4.54. The van der Waals surface area contributed by atoms with Crippen molar-refractivity contribution in [2.24, 2.45) is 20.5 Å². The van der Waals surface area contributed by atoms with Gasteiger partial charge < -0.3 is 19.5 Å². The number of rotatable bonds is 19. The largest absolute Gasteiger partial charge is 0.494 e. The van der Waals surface area contributed by atoms with E-state index in [1.54, 1.807) is 12.1 Å². The van der Waals surface area contributed by atoms with Gasteiger partial charge in [-0.2, -0.15) is 10.2 Å². The number of benzene rings is 3. The summed E-state index contributed by atoms with van der Waals surface area (Å²) in [7, 11) is 3.03. The lowest BCUT2D eigenvalue weighted by Gasteiger charge is -2.24. The van der Waals surface area contributed by atoms with Crippen LogP contribution in [0.25, 0.3) is 0 Å². The van der Waals surface area contributed by atoms with Gasteiger partial charge in [-0.1, -0.05) is 51.9 Å². The number of aliphatic hydroxyl groups excluding tert-OH is 1. The van der Waals surface area contributed by atoms with Crippen LogP contribution < -0.4 is 14.4 Å². The molecule has 43 heavy (non-hydrogen) atoms. The van der Waals surface area contributed by atoms with Crippen molar-refractivity contribution in [3.63, 3.8) is 0 Å². The molecule has 0 saturated heterocycles. The minimum atomic E-state index is -0.471. The third kappa shape index (κ3) is 10.8. The van der Waals surface area contributed by atoms with Gasteiger partial charge in [0.1, 0.15) is 22.9 Å². The minimum Gasteiger partial charge on any atom is -0.494 e. The summed E-state index contributed by atoms with van der Waals surface area (Å²) in [5.74, 6) is 0.842. The van der Waals surface area contributed by atoms with E-state index < -0.39 is 4.92 Å². The number of hydrogen-bond donors (Lipinski definition) is 1. The van der Waals surface area contributed by atoms with Crippen LogP contribution in [0.4, 0.5) is 34.1 Å². The normalized spacial score (nSPS) is 11.3. The van der Waals surface area contributed by atoms with Gasteiger partial charge in [-0.05, 0) is 42.8 Å². The molecular weight excluding hydrogens is 548 g/mol. The van der Waals surface area contributed by atoms with Crippen LogP contribution in [0.5, 0.6) is 11.5 Å². The minimum absolute atomic E-state index is 0.0242. The third-order valence-corrected chi connectivity index (χ3v) is 6.95. The van der Waals surface area contributed by atoms with E-state index in [4.69, 9.17) is 9.47 Å². The zero-order valence-electron chi connectivity index (χ0n) is 25.3. The molecule has 0 radical (unpaired) electrons. The number of unbranched alkanes of at least 4 members (excludes halogenated alkanes) is 7. The first-order chi connectivity index (χ1) is 21.0. The maximum atomic E-state index is 10.9. The number of ether oxygens (including phenoxy) is 2. The molecule has 0 unspecified atom stereocenters. The molecule has 3 rings (SSSR count). The first kappa shape index (κ1) is 33.1. The van der Waals surface area contributed by atoms with E-state index in [0.717, 1.165) is 18.7 Å². The SMILES string of the molecule is CCCCCCCCCCN(CCO)c1ccc(N=Nc2cc(OC)c(/N=N/c3ccc([N+](=O)[O-])cc3)cc2OC)cc1. The Balaban J connectivity index is 1.65. The number of nitro groups is 1. The highest BCUT2D eigenvalue weighted by molar-refractivity contribution is 5.66. The van der Waals surface area contributed by atoms with Gasteiger partial charge >= 0.3 is 0 Å². The average Bonchev–Trinajstić information content (AvgIpc) is 3.03. The van der Waals surface area contributed by atoms with Crippen molar-refractivity contribution in [2.45, 2.75) is 58.3 Å². The van der Waals surface area contributed by atoms with Gasteiger partial charge in [0.05, 0.1) is 37.1 Å². The van der Waals surface area contributed by atoms with Crippen LogP contribution in [0.2, 0.25) is 0 Å². The fourth-order valence-electron chi connectivity index (χ4n) is 4.54. The van der Waals surface area contributed by atoms with E-state index in [0.29, 0.717) is 40.8 Å². The Labute approximate surface area is 253 Å². The number of non-ortho nitro benzene ring substituents is 1. The molecule has 0 fully saturated rings. The monoisotopic (exact) mass is 590 g/mol. The lowest BCUT2D eigenvalue weighted by molar-refractivity contribution is -0.384. The number of azo groups is 2. The maximum Gasteiger partial charge on any atom is 0.269 e. The smallest absolute Gasteiger partial charge is 0.269 e. The number of nitro benzene ring substituents is 1. The second kappa shape index (κ2) is 18.2. The lowest BCUT2D eigenvalue weighted by Crippen LogP contribution is -2.27. The average molecular weight is 591 g/mol. The molecule has 0 aromatic heterocycles. The molecule has 1 N–H and O–H groups in total. The standard InChI is InChI=1S/C32H42N6O5/c1-4-5-6-7-8-9-10-11-20-37(21-22-39)27-16-12-25(13-17-27)33-35-29-23-32(43-3)30(24-31(29)42-2)36-34-26-14-18-28(19-15-26)38(40)41/h12-19,23-24,39H,4-11,20-22H2,1-3H3/b35-33?,36-34+. The van der Waals surface area contributed by atoms with Crippen LogP contribution in [0.1, 0.15) is 58.3 Å². The Bertz CT molecular complexity index is 1330. The summed E-state index contributed by atoms with van der Waals surface area (Å²) in [4.78, 5) is 12.6. The van der Waals surface area contributed by atoms with Crippen LogP contribution in [0, 0.1) is 10.1 Å². The van der Waals surface area contributed by atoms with Crippen molar-refractivity contribution in [1.29, 1.82) is 0 Å². The van der Waals surface area contributed by atoms with Crippen LogP contribution >= 0.6 is 0 Å². The van der Waals surface area contributed by atoms with Crippen molar-refractivity contribution < 1.29 is 19.5 Å². The van der Waals surface area contributed by atoms with E-state index in [1.165, 1.54) is 83.4 Å². The van der Waals surface area contributed by atoms with Crippen molar-refractivity contribution in [3.05, 3.63) is 70.8 Å². The molecule has 11 heteroatoms. The number of anilines is 1. The van der Waals surface area contributed by atoms with Crippen molar-refractivity contribution in [1.82, 2.24) is 0 Å².